The van der Waals surface area contributed by atoms with Gasteiger partial charge in [-0.05, 0) is 66.8 Å². The molecule has 2 aromatic rings. The normalized spacial score (nSPS) is 15.5. The molecule has 0 aromatic heterocycles. The molecule has 6 nitrogen and oxygen atoms in total. The minimum atomic E-state index is -3.79. The number of allylic oxidation sites excluding steroid dienone is 1. The van der Waals surface area contributed by atoms with Crippen LogP contribution in [0.25, 0.3) is 6.08 Å². The number of sulfonamides is 1. The van der Waals surface area contributed by atoms with Gasteiger partial charge in [0.15, 0.2) is 9.84 Å². The minimum Gasteiger partial charge on any atom is -0.435 e. The van der Waals surface area contributed by atoms with Crippen molar-refractivity contribution < 1.29 is 30.4 Å². The molecule has 1 atom stereocenters. The number of fused-ring (bicyclic) bond motifs is 1. The highest BCUT2D eigenvalue weighted by Crippen LogP contribution is 2.34. The lowest BCUT2D eigenvalue weighted by molar-refractivity contribution is -0.0498. The third kappa shape index (κ3) is 5.13. The number of aryl methyl sites for hydroxylation is 1. The van der Waals surface area contributed by atoms with E-state index in [9.17, 15) is 25.6 Å². The second kappa shape index (κ2) is 8.68. The second-order valence-corrected chi connectivity index (χ2v) is 11.5. The summed E-state index contributed by atoms with van der Waals surface area (Å²) in [5.74, 6) is 0.0386. The molecule has 0 bridgehead atoms. The fourth-order valence-corrected chi connectivity index (χ4v) is 5.59. The van der Waals surface area contributed by atoms with Crippen LogP contribution in [0.5, 0.6) is 5.75 Å². The van der Waals surface area contributed by atoms with Crippen LogP contribution in [0.3, 0.4) is 0 Å². The van der Waals surface area contributed by atoms with Gasteiger partial charge in [-0.25, -0.2) is 16.8 Å². The number of sulfone groups is 1. The lowest BCUT2D eigenvalue weighted by Crippen LogP contribution is -2.31. The van der Waals surface area contributed by atoms with Crippen LogP contribution < -0.4 is 4.74 Å². The maximum absolute atomic E-state index is 13.2. The van der Waals surface area contributed by atoms with Gasteiger partial charge in [0.2, 0.25) is 10.0 Å². The van der Waals surface area contributed by atoms with E-state index < -0.39 is 32.5 Å². The molecule has 1 aliphatic carbocycles. The maximum atomic E-state index is 13.2. The summed E-state index contributed by atoms with van der Waals surface area (Å²) >= 11 is 0. The molecule has 168 valence electrons. The largest absolute Gasteiger partial charge is 0.435 e. The van der Waals surface area contributed by atoms with Crippen LogP contribution in [-0.4, -0.2) is 41.1 Å². The van der Waals surface area contributed by atoms with Crippen LogP contribution in [-0.2, 0) is 26.3 Å². The molecular formula is C21H23F2NO5S2. The highest BCUT2D eigenvalue weighted by atomic mass is 32.2. The molecule has 0 fully saturated rings. The summed E-state index contributed by atoms with van der Waals surface area (Å²) in [4.78, 5) is 0.389. The first-order chi connectivity index (χ1) is 14.4. The van der Waals surface area contributed by atoms with Gasteiger partial charge in [0.05, 0.1) is 9.80 Å². The van der Waals surface area contributed by atoms with Gasteiger partial charge in [-0.3, -0.25) is 0 Å². The van der Waals surface area contributed by atoms with E-state index in [4.69, 9.17) is 0 Å². The molecular weight excluding hydrogens is 448 g/mol. The number of hydrogen-bond acceptors (Lipinski definition) is 5. The van der Waals surface area contributed by atoms with E-state index in [1.807, 2.05) is 0 Å². The van der Waals surface area contributed by atoms with Crippen molar-refractivity contribution in [1.29, 1.82) is 0 Å². The number of hydrogen-bond donors (Lipinski definition) is 0. The third-order valence-electron chi connectivity index (χ3n) is 5.34. The van der Waals surface area contributed by atoms with Gasteiger partial charge in [-0.1, -0.05) is 18.2 Å². The van der Waals surface area contributed by atoms with Crippen molar-refractivity contribution in [3.63, 3.8) is 0 Å². The van der Waals surface area contributed by atoms with Crippen molar-refractivity contribution >= 4 is 25.9 Å². The number of halogens is 2. The fourth-order valence-electron chi connectivity index (χ4n) is 3.42. The summed E-state index contributed by atoms with van der Waals surface area (Å²) in [6.45, 7) is -1.20. The zero-order valence-corrected chi connectivity index (χ0v) is 18.9. The molecule has 3 rings (SSSR count). The Morgan fingerprint density at radius 2 is 1.65 bits per heavy atom. The van der Waals surface area contributed by atoms with Crippen LogP contribution in [0.4, 0.5) is 8.78 Å². The Bertz CT molecular complexity index is 1210. The molecule has 1 unspecified atom stereocenters. The topological polar surface area (TPSA) is 80.8 Å². The average molecular weight is 472 g/mol. The number of rotatable bonds is 7. The highest BCUT2D eigenvalue weighted by molar-refractivity contribution is 7.93. The first-order valence-corrected chi connectivity index (χ1v) is 12.8. The molecule has 2 aromatic carbocycles. The van der Waals surface area contributed by atoms with Gasteiger partial charge in [0, 0.05) is 19.3 Å². The van der Waals surface area contributed by atoms with Crippen molar-refractivity contribution in [3.05, 3.63) is 64.1 Å². The summed E-state index contributed by atoms with van der Waals surface area (Å²) in [6.07, 6.45) is 3.28. The number of nitrogens with zero attached hydrogens (tertiary/aromatic N) is 1. The lowest BCUT2D eigenvalue weighted by atomic mass is 9.97. The van der Waals surface area contributed by atoms with E-state index in [1.54, 1.807) is 31.2 Å². The minimum absolute atomic E-state index is 0.0386. The first kappa shape index (κ1) is 23.4. The molecule has 0 saturated carbocycles. The van der Waals surface area contributed by atoms with E-state index in [0.29, 0.717) is 17.5 Å². The van der Waals surface area contributed by atoms with Crippen molar-refractivity contribution in [2.45, 2.75) is 37.3 Å². The van der Waals surface area contributed by atoms with Gasteiger partial charge < -0.3 is 4.74 Å². The van der Waals surface area contributed by atoms with Crippen LogP contribution in [0, 0.1) is 0 Å². The number of ether oxygens (including phenoxy) is 1. The van der Waals surface area contributed by atoms with E-state index in [-0.39, 0.29) is 22.0 Å². The number of alkyl halides is 2. The van der Waals surface area contributed by atoms with Crippen LogP contribution in [0.15, 0.2) is 52.3 Å². The van der Waals surface area contributed by atoms with Crippen LogP contribution >= 0.6 is 0 Å². The van der Waals surface area contributed by atoms with E-state index in [1.165, 1.54) is 35.6 Å². The zero-order chi connectivity index (χ0) is 23.0. The van der Waals surface area contributed by atoms with Crippen molar-refractivity contribution in [2.24, 2.45) is 0 Å². The van der Waals surface area contributed by atoms with E-state index >= 15 is 0 Å². The summed E-state index contributed by atoms with van der Waals surface area (Å²) in [6, 6.07) is 10.0. The maximum Gasteiger partial charge on any atom is 0.387 e. The molecule has 1 aliphatic rings. The SMILES string of the molecule is CC(c1ccc(S(C)(=O)=O)cc1)N(C)S(=O)(=O)C1=Cc2ccc(OC(F)F)cc2CC1. The summed E-state index contributed by atoms with van der Waals surface area (Å²) < 4.78 is 80.1. The molecule has 0 heterocycles. The van der Waals surface area contributed by atoms with Gasteiger partial charge in [0.25, 0.3) is 0 Å². The molecule has 0 saturated heterocycles. The third-order valence-corrected chi connectivity index (χ3v) is 8.53. The van der Waals surface area contributed by atoms with Gasteiger partial charge >= 0.3 is 6.61 Å². The van der Waals surface area contributed by atoms with Gasteiger partial charge in [0.1, 0.15) is 5.75 Å². The van der Waals surface area contributed by atoms with E-state index in [0.717, 1.165) is 11.8 Å². The Morgan fingerprint density at radius 3 is 2.23 bits per heavy atom. The summed E-state index contributed by atoms with van der Waals surface area (Å²) in [5, 5.41) is 0. The number of benzene rings is 2. The molecule has 0 spiro atoms. The lowest BCUT2D eigenvalue weighted by Gasteiger charge is -2.27. The average Bonchev–Trinajstić information content (AvgIpc) is 2.71. The summed E-state index contributed by atoms with van der Waals surface area (Å²) in [5.41, 5.74) is 2.04. The summed E-state index contributed by atoms with van der Waals surface area (Å²) in [7, 11) is -5.66. The zero-order valence-electron chi connectivity index (χ0n) is 17.2. The molecule has 0 radical (unpaired) electrons. The highest BCUT2D eigenvalue weighted by Gasteiger charge is 2.30. The second-order valence-electron chi connectivity index (χ2n) is 7.39. The van der Waals surface area contributed by atoms with Crippen molar-refractivity contribution in [2.75, 3.05) is 13.3 Å². The molecule has 10 heteroatoms. The predicted molar refractivity (Wildman–Crippen MR) is 114 cm³/mol. The standard InChI is InChI=1S/C21H23F2NO5S2/c1-14(15-5-9-19(10-6-15)30(3,25)26)24(2)31(27,28)20-11-7-16-12-18(29-21(22)23)8-4-17(16)13-20/h4-6,8-10,12-14,21H,7,11H2,1-3H3. The van der Waals surface area contributed by atoms with Crippen molar-refractivity contribution in [3.8, 4) is 5.75 Å². The molecule has 0 aliphatic heterocycles. The molecule has 0 amide bonds. The fraction of sp³-hybridized carbons (Fsp3) is 0.333. The van der Waals surface area contributed by atoms with Gasteiger partial charge in [-0.15, -0.1) is 0 Å². The van der Waals surface area contributed by atoms with Crippen molar-refractivity contribution in [1.82, 2.24) is 4.31 Å². The predicted octanol–water partition coefficient (Wildman–Crippen LogP) is 4.00. The van der Waals surface area contributed by atoms with Crippen LogP contribution in [0.1, 0.15) is 36.1 Å². The van der Waals surface area contributed by atoms with E-state index in [2.05, 4.69) is 4.74 Å². The Kier molecular flexibility index (Phi) is 6.54. The van der Waals surface area contributed by atoms with Crippen LogP contribution in [0.2, 0.25) is 0 Å². The Hall–Kier alpha value is -2.30. The Labute approximate surface area is 181 Å². The smallest absolute Gasteiger partial charge is 0.387 e. The monoisotopic (exact) mass is 471 g/mol. The molecule has 31 heavy (non-hydrogen) atoms. The quantitative estimate of drug-likeness (QED) is 0.610. The Morgan fingerprint density at radius 1 is 1.00 bits per heavy atom. The molecule has 0 N–H and O–H groups in total. The first-order valence-electron chi connectivity index (χ1n) is 9.46. The van der Waals surface area contributed by atoms with Gasteiger partial charge in [-0.2, -0.15) is 13.1 Å². The Balaban J connectivity index is 1.84.